The number of methoxy groups -OCH3 is 1. The molecule has 2 aromatic heterocycles. The van der Waals surface area contributed by atoms with Gasteiger partial charge in [0.1, 0.15) is 5.75 Å². The highest BCUT2D eigenvalue weighted by molar-refractivity contribution is 6.06. The molecule has 27 heavy (non-hydrogen) atoms. The molecule has 7 nitrogen and oxygen atoms in total. The summed E-state index contributed by atoms with van der Waals surface area (Å²) in [5, 5.41) is 5.67. The minimum Gasteiger partial charge on any atom is -0.497 e. The van der Waals surface area contributed by atoms with Crippen LogP contribution >= 0.6 is 0 Å². The number of nitrogens with one attached hydrogen (secondary N) is 2. The van der Waals surface area contributed by atoms with Gasteiger partial charge in [-0.3, -0.25) is 14.0 Å². The number of imidazole rings is 1. The number of carbonyl (C=O) groups is 2. The molecule has 0 spiro atoms. The highest BCUT2D eigenvalue weighted by atomic mass is 16.5. The SMILES string of the molecule is COc1cccc(NC(=O)c2nc(C(=O)NC(C)(C)C)c3ccccn23)c1. The van der Waals surface area contributed by atoms with Crippen molar-refractivity contribution < 1.29 is 14.3 Å². The van der Waals surface area contributed by atoms with Crippen LogP contribution in [0.3, 0.4) is 0 Å². The summed E-state index contributed by atoms with van der Waals surface area (Å²) in [6.07, 6.45) is 1.71. The van der Waals surface area contributed by atoms with Crippen LogP contribution in [0.5, 0.6) is 5.75 Å². The Morgan fingerprint density at radius 2 is 1.85 bits per heavy atom. The Morgan fingerprint density at radius 1 is 1.07 bits per heavy atom. The molecule has 0 aliphatic heterocycles. The van der Waals surface area contributed by atoms with Crippen molar-refractivity contribution in [2.45, 2.75) is 26.3 Å². The Morgan fingerprint density at radius 3 is 2.56 bits per heavy atom. The monoisotopic (exact) mass is 366 g/mol. The molecule has 3 aromatic rings. The zero-order valence-corrected chi connectivity index (χ0v) is 15.7. The number of hydrogen-bond donors (Lipinski definition) is 2. The van der Waals surface area contributed by atoms with E-state index in [0.717, 1.165) is 0 Å². The van der Waals surface area contributed by atoms with Gasteiger partial charge in [0.15, 0.2) is 5.69 Å². The zero-order valence-electron chi connectivity index (χ0n) is 15.7. The van der Waals surface area contributed by atoms with Gasteiger partial charge in [0.25, 0.3) is 11.8 Å². The molecule has 0 bridgehead atoms. The zero-order chi connectivity index (χ0) is 19.6. The fraction of sp³-hybridized carbons (Fsp3) is 0.250. The van der Waals surface area contributed by atoms with Crippen LogP contribution in [-0.4, -0.2) is 33.8 Å². The third-order valence-electron chi connectivity index (χ3n) is 3.78. The van der Waals surface area contributed by atoms with Gasteiger partial charge in [0.05, 0.1) is 12.6 Å². The van der Waals surface area contributed by atoms with Gasteiger partial charge in [0, 0.05) is 23.5 Å². The second-order valence-corrected chi connectivity index (χ2v) is 7.13. The van der Waals surface area contributed by atoms with Gasteiger partial charge in [-0.05, 0) is 45.0 Å². The number of hydrogen-bond acceptors (Lipinski definition) is 4. The summed E-state index contributed by atoms with van der Waals surface area (Å²) in [6, 6.07) is 12.4. The van der Waals surface area contributed by atoms with Crippen LogP contribution in [0.4, 0.5) is 5.69 Å². The van der Waals surface area contributed by atoms with Crippen molar-refractivity contribution in [3.63, 3.8) is 0 Å². The number of benzene rings is 1. The molecule has 0 saturated heterocycles. The number of carbonyl (C=O) groups excluding carboxylic acids is 2. The van der Waals surface area contributed by atoms with Crippen LogP contribution in [0, 0.1) is 0 Å². The number of aromatic nitrogens is 2. The van der Waals surface area contributed by atoms with Crippen LogP contribution in [0.25, 0.3) is 5.52 Å². The molecule has 0 unspecified atom stereocenters. The molecule has 2 amide bonds. The Hall–Kier alpha value is -3.35. The lowest BCUT2D eigenvalue weighted by atomic mass is 10.1. The highest BCUT2D eigenvalue weighted by Crippen LogP contribution is 2.19. The molecule has 0 aliphatic carbocycles. The van der Waals surface area contributed by atoms with E-state index >= 15 is 0 Å². The lowest BCUT2D eigenvalue weighted by Crippen LogP contribution is -2.40. The van der Waals surface area contributed by atoms with Crippen LogP contribution in [0.2, 0.25) is 0 Å². The van der Waals surface area contributed by atoms with Crippen LogP contribution in [0.1, 0.15) is 41.9 Å². The third-order valence-corrected chi connectivity index (χ3v) is 3.78. The first kappa shape index (κ1) is 18.4. The minimum absolute atomic E-state index is 0.132. The first-order chi connectivity index (χ1) is 12.8. The molecule has 0 aliphatic rings. The molecule has 140 valence electrons. The number of amides is 2. The molecule has 0 radical (unpaired) electrons. The summed E-state index contributed by atoms with van der Waals surface area (Å²) in [5.74, 6) is 0.0180. The van der Waals surface area contributed by atoms with E-state index in [1.807, 2.05) is 20.8 Å². The molecular formula is C20H22N4O3. The Bertz CT molecular complexity index is 1000. The molecular weight excluding hydrogens is 344 g/mol. The van der Waals surface area contributed by atoms with Crippen molar-refractivity contribution >= 4 is 23.0 Å². The van der Waals surface area contributed by atoms with E-state index in [-0.39, 0.29) is 17.4 Å². The molecule has 2 heterocycles. The quantitative estimate of drug-likeness (QED) is 0.743. The first-order valence-electron chi connectivity index (χ1n) is 8.53. The predicted molar refractivity (Wildman–Crippen MR) is 103 cm³/mol. The van der Waals surface area contributed by atoms with Gasteiger partial charge < -0.3 is 15.4 Å². The molecule has 2 N–H and O–H groups in total. The summed E-state index contributed by atoms with van der Waals surface area (Å²) >= 11 is 0. The summed E-state index contributed by atoms with van der Waals surface area (Å²) in [5.41, 5.74) is 0.939. The lowest BCUT2D eigenvalue weighted by molar-refractivity contribution is 0.0916. The van der Waals surface area contributed by atoms with Crippen molar-refractivity contribution in [2.75, 3.05) is 12.4 Å². The lowest BCUT2D eigenvalue weighted by Gasteiger charge is -2.19. The second kappa shape index (κ2) is 7.11. The summed E-state index contributed by atoms with van der Waals surface area (Å²) in [6.45, 7) is 5.67. The fourth-order valence-electron chi connectivity index (χ4n) is 2.65. The van der Waals surface area contributed by atoms with Gasteiger partial charge in [-0.2, -0.15) is 0 Å². The van der Waals surface area contributed by atoms with Crippen LogP contribution in [0.15, 0.2) is 48.7 Å². The largest absolute Gasteiger partial charge is 0.497 e. The molecule has 0 saturated carbocycles. The molecule has 3 rings (SSSR count). The third kappa shape index (κ3) is 4.08. The van der Waals surface area contributed by atoms with Gasteiger partial charge in [-0.25, -0.2) is 4.98 Å². The maximum atomic E-state index is 12.8. The standard InChI is InChI=1S/C20H22N4O3/c1-20(2,3)23-18(25)16-15-10-5-6-11-24(15)17(22-16)19(26)21-13-8-7-9-14(12-13)27-4/h5-12H,1-4H3,(H,21,26)(H,23,25). The maximum absolute atomic E-state index is 12.8. The Balaban J connectivity index is 1.96. The fourth-order valence-corrected chi connectivity index (χ4v) is 2.65. The average molecular weight is 366 g/mol. The van der Waals surface area contributed by atoms with Crippen molar-refractivity contribution in [1.82, 2.24) is 14.7 Å². The van der Waals surface area contributed by atoms with Crippen LogP contribution in [-0.2, 0) is 0 Å². The van der Waals surface area contributed by atoms with E-state index in [4.69, 9.17) is 4.74 Å². The molecule has 7 heteroatoms. The number of rotatable bonds is 4. The first-order valence-corrected chi connectivity index (χ1v) is 8.53. The van der Waals surface area contributed by atoms with E-state index in [1.54, 1.807) is 60.2 Å². The Labute approximate surface area is 157 Å². The topological polar surface area (TPSA) is 84.7 Å². The normalized spacial score (nSPS) is 11.3. The molecule has 1 aromatic carbocycles. The smallest absolute Gasteiger partial charge is 0.292 e. The number of nitrogens with zero attached hydrogens (tertiary/aromatic N) is 2. The Kier molecular flexibility index (Phi) is 4.85. The molecule has 0 fully saturated rings. The average Bonchev–Trinajstić information content (AvgIpc) is 3.00. The van der Waals surface area contributed by atoms with Gasteiger partial charge in [-0.15, -0.1) is 0 Å². The van der Waals surface area contributed by atoms with Gasteiger partial charge >= 0.3 is 0 Å². The number of anilines is 1. The minimum atomic E-state index is -0.417. The van der Waals surface area contributed by atoms with Crippen molar-refractivity contribution in [3.05, 3.63) is 60.2 Å². The van der Waals surface area contributed by atoms with Crippen molar-refractivity contribution in [2.24, 2.45) is 0 Å². The van der Waals surface area contributed by atoms with E-state index in [0.29, 0.717) is 17.0 Å². The summed E-state index contributed by atoms with van der Waals surface area (Å²) < 4.78 is 6.77. The number of pyridine rings is 1. The number of fused-ring (bicyclic) bond motifs is 1. The highest BCUT2D eigenvalue weighted by Gasteiger charge is 2.24. The van der Waals surface area contributed by atoms with Crippen molar-refractivity contribution in [3.8, 4) is 5.75 Å². The van der Waals surface area contributed by atoms with Crippen molar-refractivity contribution in [1.29, 1.82) is 0 Å². The van der Waals surface area contributed by atoms with Gasteiger partial charge in [0.2, 0.25) is 5.82 Å². The van der Waals surface area contributed by atoms with E-state index in [1.165, 1.54) is 0 Å². The van der Waals surface area contributed by atoms with E-state index in [2.05, 4.69) is 15.6 Å². The number of ether oxygens (including phenoxy) is 1. The van der Waals surface area contributed by atoms with E-state index < -0.39 is 11.4 Å². The van der Waals surface area contributed by atoms with Gasteiger partial charge in [-0.1, -0.05) is 12.1 Å². The summed E-state index contributed by atoms with van der Waals surface area (Å²) in [7, 11) is 1.56. The summed E-state index contributed by atoms with van der Waals surface area (Å²) in [4.78, 5) is 29.7. The molecule has 0 atom stereocenters. The maximum Gasteiger partial charge on any atom is 0.292 e. The predicted octanol–water partition coefficient (Wildman–Crippen LogP) is 3.12. The second-order valence-electron chi connectivity index (χ2n) is 7.13. The van der Waals surface area contributed by atoms with E-state index in [9.17, 15) is 9.59 Å². The van der Waals surface area contributed by atoms with Crippen LogP contribution < -0.4 is 15.4 Å².